The van der Waals surface area contributed by atoms with Gasteiger partial charge in [0.1, 0.15) is 13.2 Å². The van der Waals surface area contributed by atoms with Gasteiger partial charge in [-0.05, 0) is 18.1 Å². The highest BCUT2D eigenvalue weighted by atomic mass is 16.6. The molecule has 2 aromatic rings. The summed E-state index contributed by atoms with van der Waals surface area (Å²) >= 11 is 0. The highest BCUT2D eigenvalue weighted by Crippen LogP contribution is 2.05. The van der Waals surface area contributed by atoms with E-state index < -0.39 is 11.9 Å². The van der Waals surface area contributed by atoms with Gasteiger partial charge in [0, 0.05) is 0 Å². The number of aryl methyl sites for hydroxylation is 1. The van der Waals surface area contributed by atoms with Crippen LogP contribution in [0.2, 0.25) is 0 Å². The highest BCUT2D eigenvalue weighted by Gasteiger charge is 2.17. The standard InChI is InChI=1S/C17H16O4/c1-13-7-9-15(10-8-13)12-21-17(19)16(18)20-11-14-5-3-2-4-6-14/h2-10H,11-12H2,1H3. The van der Waals surface area contributed by atoms with Crippen LogP contribution in [0.4, 0.5) is 0 Å². The van der Waals surface area contributed by atoms with Crippen LogP contribution in [0.25, 0.3) is 0 Å². The maximum Gasteiger partial charge on any atom is 0.417 e. The third-order valence-corrected chi connectivity index (χ3v) is 2.87. The van der Waals surface area contributed by atoms with Gasteiger partial charge in [-0.3, -0.25) is 0 Å². The number of hydrogen-bond acceptors (Lipinski definition) is 4. The van der Waals surface area contributed by atoms with Crippen LogP contribution >= 0.6 is 0 Å². The molecule has 0 fully saturated rings. The van der Waals surface area contributed by atoms with Crippen molar-refractivity contribution < 1.29 is 19.1 Å². The minimum atomic E-state index is -0.981. The number of carbonyl (C=O) groups is 2. The molecule has 108 valence electrons. The summed E-state index contributed by atoms with van der Waals surface area (Å²) < 4.78 is 9.79. The highest BCUT2D eigenvalue weighted by molar-refractivity contribution is 6.29. The molecule has 0 aliphatic rings. The van der Waals surface area contributed by atoms with Crippen molar-refractivity contribution in [3.8, 4) is 0 Å². The van der Waals surface area contributed by atoms with Gasteiger partial charge in [0.15, 0.2) is 0 Å². The molecule has 0 radical (unpaired) electrons. The fourth-order valence-corrected chi connectivity index (χ4v) is 1.67. The second-order valence-electron chi connectivity index (χ2n) is 4.62. The lowest BCUT2D eigenvalue weighted by molar-refractivity contribution is -0.169. The van der Waals surface area contributed by atoms with E-state index in [9.17, 15) is 9.59 Å². The third kappa shape index (κ3) is 4.76. The van der Waals surface area contributed by atoms with Crippen molar-refractivity contribution in [3.63, 3.8) is 0 Å². The fraction of sp³-hybridized carbons (Fsp3) is 0.176. The van der Waals surface area contributed by atoms with E-state index >= 15 is 0 Å². The van der Waals surface area contributed by atoms with E-state index in [-0.39, 0.29) is 13.2 Å². The average Bonchev–Trinajstić information content (AvgIpc) is 2.52. The Balaban J connectivity index is 1.77. The second kappa shape index (κ2) is 7.24. The number of esters is 2. The number of hydrogen-bond donors (Lipinski definition) is 0. The average molecular weight is 284 g/mol. The van der Waals surface area contributed by atoms with Crippen LogP contribution in [0, 0.1) is 6.92 Å². The largest absolute Gasteiger partial charge is 0.452 e. The minimum absolute atomic E-state index is 0.0549. The maximum atomic E-state index is 11.5. The molecular formula is C17H16O4. The van der Waals surface area contributed by atoms with E-state index in [4.69, 9.17) is 9.47 Å². The Morgan fingerprint density at radius 2 is 1.24 bits per heavy atom. The SMILES string of the molecule is Cc1ccc(COC(=O)C(=O)OCc2ccccc2)cc1. The molecule has 2 aromatic carbocycles. The lowest BCUT2D eigenvalue weighted by atomic mass is 10.2. The zero-order valence-electron chi connectivity index (χ0n) is 11.7. The molecule has 0 spiro atoms. The Bertz CT molecular complexity index is 602. The third-order valence-electron chi connectivity index (χ3n) is 2.87. The van der Waals surface area contributed by atoms with Crippen molar-refractivity contribution in [2.24, 2.45) is 0 Å². The van der Waals surface area contributed by atoms with E-state index in [0.717, 1.165) is 16.7 Å². The summed E-state index contributed by atoms with van der Waals surface area (Å²) in [4.78, 5) is 23.0. The van der Waals surface area contributed by atoms with Crippen molar-refractivity contribution in [2.45, 2.75) is 20.1 Å². The minimum Gasteiger partial charge on any atom is -0.452 e. The summed E-state index contributed by atoms with van der Waals surface area (Å²) in [6, 6.07) is 16.7. The number of benzene rings is 2. The quantitative estimate of drug-likeness (QED) is 0.640. The molecule has 0 saturated heterocycles. The summed E-state index contributed by atoms with van der Waals surface area (Å²) in [5.41, 5.74) is 2.76. The Labute approximate surface area is 123 Å². The number of carbonyl (C=O) groups excluding carboxylic acids is 2. The number of rotatable bonds is 4. The molecule has 4 heteroatoms. The van der Waals surface area contributed by atoms with Gasteiger partial charge in [-0.1, -0.05) is 60.2 Å². The van der Waals surface area contributed by atoms with Crippen LogP contribution in [0.1, 0.15) is 16.7 Å². The Morgan fingerprint density at radius 3 is 1.76 bits per heavy atom. The summed E-state index contributed by atoms with van der Waals surface area (Å²) in [5, 5.41) is 0. The van der Waals surface area contributed by atoms with Crippen LogP contribution in [0.5, 0.6) is 0 Å². The summed E-state index contributed by atoms with van der Waals surface area (Å²) in [6.07, 6.45) is 0. The van der Waals surface area contributed by atoms with Gasteiger partial charge in [0.2, 0.25) is 0 Å². The van der Waals surface area contributed by atoms with E-state index in [1.807, 2.05) is 61.5 Å². The van der Waals surface area contributed by atoms with E-state index in [0.29, 0.717) is 0 Å². The Kier molecular flexibility index (Phi) is 5.10. The molecule has 2 rings (SSSR count). The van der Waals surface area contributed by atoms with Gasteiger partial charge in [-0.2, -0.15) is 0 Å². The molecule has 0 unspecified atom stereocenters. The van der Waals surface area contributed by atoms with E-state index in [1.165, 1.54) is 0 Å². The molecule has 21 heavy (non-hydrogen) atoms. The molecule has 0 heterocycles. The lowest BCUT2D eigenvalue weighted by Gasteiger charge is -2.06. The van der Waals surface area contributed by atoms with E-state index in [2.05, 4.69) is 0 Å². The first-order valence-corrected chi connectivity index (χ1v) is 6.58. The van der Waals surface area contributed by atoms with Crippen molar-refractivity contribution in [1.29, 1.82) is 0 Å². The molecule has 0 aromatic heterocycles. The molecule has 0 atom stereocenters. The van der Waals surface area contributed by atoms with Crippen LogP contribution in [0.3, 0.4) is 0 Å². The first-order valence-electron chi connectivity index (χ1n) is 6.58. The lowest BCUT2D eigenvalue weighted by Crippen LogP contribution is -2.20. The van der Waals surface area contributed by atoms with Crippen molar-refractivity contribution in [1.82, 2.24) is 0 Å². The molecular weight excluding hydrogens is 268 g/mol. The van der Waals surface area contributed by atoms with Gasteiger partial charge in [-0.15, -0.1) is 0 Å². The predicted octanol–water partition coefficient (Wildman–Crippen LogP) is 2.78. The van der Waals surface area contributed by atoms with Gasteiger partial charge >= 0.3 is 11.9 Å². The zero-order valence-corrected chi connectivity index (χ0v) is 11.7. The molecule has 0 bridgehead atoms. The zero-order chi connectivity index (χ0) is 15.1. The molecule has 0 saturated carbocycles. The van der Waals surface area contributed by atoms with Crippen LogP contribution in [-0.4, -0.2) is 11.9 Å². The first kappa shape index (κ1) is 14.8. The second-order valence-corrected chi connectivity index (χ2v) is 4.62. The van der Waals surface area contributed by atoms with E-state index in [1.54, 1.807) is 0 Å². The fourth-order valence-electron chi connectivity index (χ4n) is 1.67. The molecule has 0 amide bonds. The van der Waals surface area contributed by atoms with Crippen LogP contribution < -0.4 is 0 Å². The topological polar surface area (TPSA) is 52.6 Å². The number of ether oxygens (including phenoxy) is 2. The summed E-state index contributed by atoms with van der Waals surface area (Å²) in [7, 11) is 0. The Hall–Kier alpha value is -2.62. The molecule has 0 N–H and O–H groups in total. The molecule has 4 nitrogen and oxygen atoms in total. The summed E-state index contributed by atoms with van der Waals surface area (Å²) in [6.45, 7) is 2.08. The first-order chi connectivity index (χ1) is 10.1. The van der Waals surface area contributed by atoms with Gasteiger partial charge < -0.3 is 9.47 Å². The van der Waals surface area contributed by atoms with Crippen LogP contribution in [-0.2, 0) is 32.3 Å². The normalized spacial score (nSPS) is 9.95. The smallest absolute Gasteiger partial charge is 0.417 e. The van der Waals surface area contributed by atoms with Crippen LogP contribution in [0.15, 0.2) is 54.6 Å². The van der Waals surface area contributed by atoms with Crippen molar-refractivity contribution in [2.75, 3.05) is 0 Å². The molecule has 0 aliphatic heterocycles. The molecule has 0 aliphatic carbocycles. The van der Waals surface area contributed by atoms with Gasteiger partial charge in [-0.25, -0.2) is 9.59 Å². The summed E-state index contributed by atoms with van der Waals surface area (Å²) in [5.74, 6) is -1.96. The van der Waals surface area contributed by atoms with Crippen molar-refractivity contribution >= 4 is 11.9 Å². The predicted molar refractivity (Wildman–Crippen MR) is 77.2 cm³/mol. The van der Waals surface area contributed by atoms with Gasteiger partial charge in [0.25, 0.3) is 0 Å². The van der Waals surface area contributed by atoms with Gasteiger partial charge in [0.05, 0.1) is 0 Å². The Morgan fingerprint density at radius 1 is 0.762 bits per heavy atom. The van der Waals surface area contributed by atoms with Crippen molar-refractivity contribution in [3.05, 3.63) is 71.3 Å². The monoisotopic (exact) mass is 284 g/mol. The maximum absolute atomic E-state index is 11.5.